The fourth-order valence-corrected chi connectivity index (χ4v) is 4.26. The summed E-state index contributed by atoms with van der Waals surface area (Å²) < 4.78 is 33.0. The highest BCUT2D eigenvalue weighted by Gasteiger charge is 2.27. The van der Waals surface area contributed by atoms with Gasteiger partial charge in [-0.3, -0.25) is 14.1 Å². The van der Waals surface area contributed by atoms with E-state index in [0.717, 1.165) is 4.31 Å². The molecule has 0 saturated carbocycles. The molecule has 0 fully saturated rings. The lowest BCUT2D eigenvalue weighted by Gasteiger charge is -2.23. The van der Waals surface area contributed by atoms with Crippen molar-refractivity contribution in [2.45, 2.75) is 11.8 Å². The van der Waals surface area contributed by atoms with Crippen molar-refractivity contribution >= 4 is 39.4 Å². The molecule has 32 heavy (non-hydrogen) atoms. The minimum absolute atomic E-state index is 0.0145. The third kappa shape index (κ3) is 6.05. The molecule has 2 aromatic carbocycles. The highest BCUT2D eigenvalue weighted by Crippen LogP contribution is 2.26. The van der Waals surface area contributed by atoms with E-state index in [-0.39, 0.29) is 10.6 Å². The van der Waals surface area contributed by atoms with Crippen molar-refractivity contribution < 1.29 is 17.9 Å². The smallest absolute Gasteiger partial charge is 0.264 e. The highest BCUT2D eigenvalue weighted by atomic mass is 35.5. The quantitative estimate of drug-likeness (QED) is 0.379. The number of pyridine rings is 1. The molecule has 0 aliphatic heterocycles. The zero-order valence-corrected chi connectivity index (χ0v) is 18.8. The molecule has 0 atom stereocenters. The Morgan fingerprint density at radius 1 is 1.12 bits per heavy atom. The molecule has 0 aliphatic carbocycles. The maximum atomic E-state index is 13.3. The first kappa shape index (κ1) is 23.2. The second kappa shape index (κ2) is 10.7. The number of nitrogens with one attached hydrogen (secondary N) is 1. The topological polar surface area (TPSA) is 101 Å². The Kier molecular flexibility index (Phi) is 7.80. The molecule has 10 heteroatoms. The second-order valence-electron chi connectivity index (χ2n) is 6.44. The lowest BCUT2D eigenvalue weighted by molar-refractivity contribution is -0.119. The molecule has 3 rings (SSSR count). The number of rotatable bonds is 9. The van der Waals surface area contributed by atoms with E-state index in [4.69, 9.17) is 16.3 Å². The summed E-state index contributed by atoms with van der Waals surface area (Å²) in [5.41, 5.74) is 3.16. The third-order valence-electron chi connectivity index (χ3n) is 4.20. The number of amides is 1. The van der Waals surface area contributed by atoms with E-state index in [1.165, 1.54) is 30.5 Å². The number of anilines is 1. The van der Waals surface area contributed by atoms with Crippen molar-refractivity contribution in [1.82, 2.24) is 10.4 Å². The fourth-order valence-electron chi connectivity index (χ4n) is 2.71. The van der Waals surface area contributed by atoms with Gasteiger partial charge in [0.15, 0.2) is 0 Å². The van der Waals surface area contributed by atoms with Gasteiger partial charge in [-0.15, -0.1) is 0 Å². The first-order valence-corrected chi connectivity index (χ1v) is 11.5. The minimum atomic E-state index is -4.06. The molecule has 0 saturated heterocycles. The summed E-state index contributed by atoms with van der Waals surface area (Å²) >= 11 is 5.94. The monoisotopic (exact) mass is 472 g/mol. The largest absolute Gasteiger partial charge is 0.494 e. The van der Waals surface area contributed by atoms with Gasteiger partial charge < -0.3 is 4.74 Å². The van der Waals surface area contributed by atoms with Crippen LogP contribution in [-0.2, 0) is 14.8 Å². The number of halogens is 1. The summed E-state index contributed by atoms with van der Waals surface area (Å²) in [6.45, 7) is 1.81. The van der Waals surface area contributed by atoms with E-state index in [1.807, 2.05) is 6.92 Å². The maximum Gasteiger partial charge on any atom is 0.264 e. The van der Waals surface area contributed by atoms with Crippen molar-refractivity contribution in [3.05, 3.63) is 83.6 Å². The predicted octanol–water partition coefficient (Wildman–Crippen LogP) is 3.48. The summed E-state index contributed by atoms with van der Waals surface area (Å²) in [4.78, 5) is 16.6. The van der Waals surface area contributed by atoms with Gasteiger partial charge in [0.05, 0.1) is 29.1 Å². The van der Waals surface area contributed by atoms with Crippen LogP contribution in [0.3, 0.4) is 0 Å². The molecule has 0 aliphatic rings. The first-order valence-electron chi connectivity index (χ1n) is 9.64. The summed E-state index contributed by atoms with van der Waals surface area (Å²) in [5, 5.41) is 4.28. The molecule has 1 amide bonds. The van der Waals surface area contributed by atoms with Crippen molar-refractivity contribution in [2.75, 3.05) is 17.5 Å². The molecule has 0 radical (unpaired) electrons. The van der Waals surface area contributed by atoms with E-state index in [0.29, 0.717) is 23.1 Å². The number of benzene rings is 2. The number of hydrazone groups is 1. The van der Waals surface area contributed by atoms with E-state index >= 15 is 0 Å². The van der Waals surface area contributed by atoms with E-state index in [2.05, 4.69) is 15.5 Å². The normalized spacial score (nSPS) is 11.3. The summed E-state index contributed by atoms with van der Waals surface area (Å²) in [7, 11) is -4.06. The molecule has 0 unspecified atom stereocenters. The highest BCUT2D eigenvalue weighted by molar-refractivity contribution is 7.92. The minimum Gasteiger partial charge on any atom is -0.494 e. The summed E-state index contributed by atoms with van der Waals surface area (Å²) in [5.74, 6) is -0.0762. The van der Waals surface area contributed by atoms with Crippen LogP contribution in [0.1, 0.15) is 12.6 Å². The van der Waals surface area contributed by atoms with Crippen molar-refractivity contribution in [2.24, 2.45) is 5.10 Å². The van der Waals surface area contributed by atoms with Gasteiger partial charge in [0.1, 0.15) is 12.3 Å². The maximum absolute atomic E-state index is 13.3. The zero-order chi connectivity index (χ0) is 23.0. The number of carbonyl (C=O) groups is 1. The molecule has 1 heterocycles. The van der Waals surface area contributed by atoms with Crippen LogP contribution in [0.4, 0.5) is 5.69 Å². The Morgan fingerprint density at radius 3 is 2.47 bits per heavy atom. The van der Waals surface area contributed by atoms with Gasteiger partial charge in [-0.1, -0.05) is 17.7 Å². The standard InChI is InChI=1S/C22H21ClN4O4S/c1-2-31-20-10-12-21(13-11-20)32(29,30)27(19-8-6-17(23)7-9-19)16-22(28)26-25-15-18-5-3-4-14-24-18/h3-15H,2,16H2,1H3,(H,26,28)/b25-15+. The van der Waals surface area contributed by atoms with Crippen molar-refractivity contribution in [3.8, 4) is 5.75 Å². The van der Waals surface area contributed by atoms with E-state index in [1.54, 1.807) is 48.7 Å². The molecule has 1 N–H and O–H groups in total. The number of nitrogens with zero attached hydrogens (tertiary/aromatic N) is 3. The lowest BCUT2D eigenvalue weighted by Crippen LogP contribution is -2.39. The molecule has 1 aromatic heterocycles. The van der Waals surface area contributed by atoms with Gasteiger partial charge in [0.25, 0.3) is 15.9 Å². The van der Waals surface area contributed by atoms with Crippen LogP contribution >= 0.6 is 11.6 Å². The van der Waals surface area contributed by atoms with Gasteiger partial charge in [-0.2, -0.15) is 5.10 Å². The molecule has 8 nitrogen and oxygen atoms in total. The van der Waals surface area contributed by atoms with Crippen LogP contribution < -0.4 is 14.5 Å². The Labute approximate surface area is 191 Å². The fraction of sp³-hybridized carbons (Fsp3) is 0.136. The Balaban J connectivity index is 1.84. The SMILES string of the molecule is CCOc1ccc(S(=O)(=O)N(CC(=O)N/N=C/c2ccccn2)c2ccc(Cl)cc2)cc1. The first-order chi connectivity index (χ1) is 15.4. The second-order valence-corrected chi connectivity index (χ2v) is 8.74. The third-order valence-corrected chi connectivity index (χ3v) is 6.24. The Hall–Kier alpha value is -3.43. The van der Waals surface area contributed by atoms with Crippen molar-refractivity contribution in [3.63, 3.8) is 0 Å². The summed E-state index contributed by atoms with van der Waals surface area (Å²) in [6, 6.07) is 17.4. The number of aromatic nitrogens is 1. The Bertz CT molecular complexity index is 1170. The van der Waals surface area contributed by atoms with E-state index < -0.39 is 22.5 Å². The van der Waals surface area contributed by atoms with Gasteiger partial charge in [0, 0.05) is 11.2 Å². The number of hydrogen-bond acceptors (Lipinski definition) is 6. The molecular weight excluding hydrogens is 452 g/mol. The summed E-state index contributed by atoms with van der Waals surface area (Å²) in [6.07, 6.45) is 2.96. The van der Waals surface area contributed by atoms with Crippen LogP contribution in [-0.4, -0.2) is 38.7 Å². The molecular formula is C22H21ClN4O4S. The van der Waals surface area contributed by atoms with Crippen molar-refractivity contribution in [1.29, 1.82) is 0 Å². The Morgan fingerprint density at radius 2 is 1.84 bits per heavy atom. The molecule has 0 spiro atoms. The average Bonchev–Trinajstić information content (AvgIpc) is 2.79. The van der Waals surface area contributed by atoms with Gasteiger partial charge in [0.2, 0.25) is 0 Å². The molecule has 3 aromatic rings. The lowest BCUT2D eigenvalue weighted by atomic mass is 10.3. The van der Waals surface area contributed by atoms with Gasteiger partial charge in [-0.25, -0.2) is 13.8 Å². The van der Waals surface area contributed by atoms with E-state index in [9.17, 15) is 13.2 Å². The number of ether oxygens (including phenoxy) is 1. The van der Waals surface area contributed by atoms with Crippen LogP contribution in [0.5, 0.6) is 5.75 Å². The van der Waals surface area contributed by atoms with Crippen LogP contribution in [0.2, 0.25) is 5.02 Å². The average molecular weight is 473 g/mol. The van der Waals surface area contributed by atoms with Crippen LogP contribution in [0, 0.1) is 0 Å². The number of sulfonamides is 1. The predicted molar refractivity (Wildman–Crippen MR) is 124 cm³/mol. The van der Waals surface area contributed by atoms with Gasteiger partial charge >= 0.3 is 0 Å². The zero-order valence-electron chi connectivity index (χ0n) is 17.2. The number of hydrogen-bond donors (Lipinski definition) is 1. The molecule has 166 valence electrons. The van der Waals surface area contributed by atoms with Gasteiger partial charge in [-0.05, 0) is 67.6 Å². The molecule has 0 bridgehead atoms. The van der Waals surface area contributed by atoms with Crippen LogP contribution in [0.25, 0.3) is 0 Å². The van der Waals surface area contributed by atoms with Crippen LogP contribution in [0.15, 0.2) is 82.9 Å². The number of carbonyl (C=O) groups excluding carboxylic acids is 1.